The monoisotopic (exact) mass is 379 g/mol. The molecule has 3 N–H and O–H groups in total. The van der Waals surface area contributed by atoms with Crippen LogP contribution in [0.5, 0.6) is 0 Å². The summed E-state index contributed by atoms with van der Waals surface area (Å²) < 4.78 is 0. The Labute approximate surface area is 166 Å². The third kappa shape index (κ3) is 3.43. The van der Waals surface area contributed by atoms with E-state index in [1.165, 1.54) is 12.8 Å². The maximum atomic E-state index is 11.5. The van der Waals surface area contributed by atoms with Crippen molar-refractivity contribution in [3.05, 3.63) is 36.2 Å². The molecule has 2 fully saturated rings. The maximum Gasteiger partial charge on any atom is 0.159 e. The van der Waals surface area contributed by atoms with Crippen LogP contribution in [0.25, 0.3) is 0 Å². The summed E-state index contributed by atoms with van der Waals surface area (Å²) in [5.41, 5.74) is 9.25. The van der Waals surface area contributed by atoms with Crippen molar-refractivity contribution in [2.75, 3.05) is 22.5 Å². The number of hydrogen-bond acceptors (Lipinski definition) is 6. The number of hydrogen-bond donors (Lipinski definition) is 2. The lowest BCUT2D eigenvalue weighted by Crippen LogP contribution is -2.35. The second kappa shape index (κ2) is 6.47. The highest BCUT2D eigenvalue weighted by atomic mass is 16.1. The third-order valence-electron chi connectivity index (χ3n) is 6.10. The van der Waals surface area contributed by atoms with E-state index in [0.717, 1.165) is 24.5 Å². The van der Waals surface area contributed by atoms with Gasteiger partial charge in [-0.15, -0.1) is 0 Å². The van der Waals surface area contributed by atoms with Crippen molar-refractivity contribution in [1.29, 1.82) is 0 Å². The molecule has 1 aliphatic heterocycles. The molecule has 2 bridgehead atoms. The summed E-state index contributed by atoms with van der Waals surface area (Å²) in [5.74, 6) is 1.47. The molecule has 2 heterocycles. The number of benzene rings is 1. The van der Waals surface area contributed by atoms with Gasteiger partial charge in [0.05, 0.1) is 0 Å². The van der Waals surface area contributed by atoms with E-state index in [-0.39, 0.29) is 5.78 Å². The fraction of sp³-hybridized carbons (Fsp3) is 0.500. The highest BCUT2D eigenvalue weighted by Gasteiger charge is 2.50. The zero-order valence-electron chi connectivity index (χ0n) is 17.1. The molecule has 6 heteroatoms. The smallest absolute Gasteiger partial charge is 0.159 e. The van der Waals surface area contributed by atoms with Crippen LogP contribution in [0.4, 0.5) is 23.0 Å². The Morgan fingerprint density at radius 1 is 1.18 bits per heavy atom. The third-order valence-corrected chi connectivity index (χ3v) is 6.10. The van der Waals surface area contributed by atoms with Crippen LogP contribution >= 0.6 is 0 Å². The van der Waals surface area contributed by atoms with E-state index < -0.39 is 0 Å². The van der Waals surface area contributed by atoms with Gasteiger partial charge in [0.2, 0.25) is 0 Å². The van der Waals surface area contributed by atoms with Gasteiger partial charge in [-0.1, -0.05) is 20.8 Å². The lowest BCUT2D eigenvalue weighted by molar-refractivity contribution is 0.101. The van der Waals surface area contributed by atoms with Gasteiger partial charge in [0.25, 0.3) is 0 Å². The zero-order chi connectivity index (χ0) is 20.1. The van der Waals surface area contributed by atoms with Crippen molar-refractivity contribution < 1.29 is 4.79 Å². The van der Waals surface area contributed by atoms with Gasteiger partial charge in [-0.25, -0.2) is 9.97 Å². The second-order valence-electron chi connectivity index (χ2n) is 9.56. The molecule has 28 heavy (non-hydrogen) atoms. The number of carbonyl (C=O) groups is 1. The summed E-state index contributed by atoms with van der Waals surface area (Å²) in [7, 11) is 0. The van der Waals surface area contributed by atoms with Crippen molar-refractivity contribution in [2.24, 2.45) is 10.8 Å². The van der Waals surface area contributed by atoms with E-state index in [1.807, 2.05) is 12.1 Å². The van der Waals surface area contributed by atoms with Crippen LogP contribution in [0.2, 0.25) is 0 Å². The summed E-state index contributed by atoms with van der Waals surface area (Å²) in [4.78, 5) is 22.7. The number of Topliss-reactive ketones (excluding diaryl/α,β-unsaturated/α-hetero) is 1. The first-order valence-corrected chi connectivity index (χ1v) is 9.91. The summed E-state index contributed by atoms with van der Waals surface area (Å²) in [6.07, 6.45) is 5.15. The van der Waals surface area contributed by atoms with Crippen molar-refractivity contribution in [3.63, 3.8) is 0 Å². The summed E-state index contributed by atoms with van der Waals surface area (Å²) in [6.45, 7) is 9.65. The zero-order valence-corrected chi connectivity index (χ0v) is 17.1. The van der Waals surface area contributed by atoms with Crippen molar-refractivity contribution in [2.45, 2.75) is 53.0 Å². The standard InChI is InChI=1S/C22H29N5O/c1-14(28)15-5-7-16(8-6-15)26-19-18(23)20(25-13-24-19)27-12-22(4)10-17(27)9-21(2,3)11-22/h5-8,13,17H,9-12,23H2,1-4H3,(H,24,25,26). The molecule has 2 aliphatic rings. The second-order valence-corrected chi connectivity index (χ2v) is 9.56. The van der Waals surface area contributed by atoms with Crippen LogP contribution in [-0.4, -0.2) is 28.3 Å². The number of ketones is 1. The number of aromatic nitrogens is 2. The van der Waals surface area contributed by atoms with Gasteiger partial charge in [-0.3, -0.25) is 4.79 Å². The molecule has 148 valence electrons. The molecule has 1 aliphatic carbocycles. The lowest BCUT2D eigenvalue weighted by atomic mass is 9.65. The van der Waals surface area contributed by atoms with Crippen LogP contribution in [0.1, 0.15) is 57.3 Å². The topological polar surface area (TPSA) is 84.1 Å². The average Bonchev–Trinajstić information content (AvgIpc) is 2.86. The van der Waals surface area contributed by atoms with Gasteiger partial charge in [0, 0.05) is 23.8 Å². The molecule has 0 amide bonds. The van der Waals surface area contributed by atoms with Crippen molar-refractivity contribution in [1.82, 2.24) is 9.97 Å². The lowest BCUT2D eigenvalue weighted by Gasteiger charge is -2.39. The van der Waals surface area contributed by atoms with E-state index in [2.05, 4.69) is 41.0 Å². The predicted molar refractivity (Wildman–Crippen MR) is 113 cm³/mol. The quantitative estimate of drug-likeness (QED) is 0.766. The van der Waals surface area contributed by atoms with E-state index in [0.29, 0.717) is 33.9 Å². The molecule has 0 spiro atoms. The Kier molecular flexibility index (Phi) is 4.32. The van der Waals surface area contributed by atoms with E-state index in [9.17, 15) is 4.79 Å². The molecule has 0 radical (unpaired) electrons. The van der Waals surface area contributed by atoms with Gasteiger partial charge >= 0.3 is 0 Å². The Morgan fingerprint density at radius 2 is 1.89 bits per heavy atom. The molecular formula is C22H29N5O. The Morgan fingerprint density at radius 3 is 2.57 bits per heavy atom. The van der Waals surface area contributed by atoms with E-state index in [4.69, 9.17) is 5.73 Å². The molecule has 2 aromatic rings. The summed E-state index contributed by atoms with van der Waals surface area (Å²) in [5, 5.41) is 3.27. The maximum absolute atomic E-state index is 11.5. The van der Waals surface area contributed by atoms with E-state index in [1.54, 1.807) is 25.4 Å². The largest absolute Gasteiger partial charge is 0.393 e. The van der Waals surface area contributed by atoms with Crippen molar-refractivity contribution >= 4 is 28.8 Å². The predicted octanol–water partition coefficient (Wildman–Crippen LogP) is 4.41. The van der Waals surface area contributed by atoms with Gasteiger partial charge in [-0.2, -0.15) is 0 Å². The molecule has 2 unspecified atom stereocenters. The van der Waals surface area contributed by atoms with Crippen LogP contribution in [-0.2, 0) is 0 Å². The van der Waals surface area contributed by atoms with Crippen LogP contribution in [0.15, 0.2) is 30.6 Å². The van der Waals surface area contributed by atoms with E-state index >= 15 is 0 Å². The number of anilines is 4. The van der Waals surface area contributed by atoms with Crippen LogP contribution < -0.4 is 16.0 Å². The molecule has 4 rings (SSSR count). The number of carbonyl (C=O) groups excluding carboxylic acids is 1. The molecule has 1 aromatic carbocycles. The number of nitrogens with two attached hydrogens (primary N) is 1. The Bertz CT molecular complexity index is 908. The molecule has 1 saturated carbocycles. The Balaban J connectivity index is 1.60. The highest BCUT2D eigenvalue weighted by Crippen LogP contribution is 2.54. The first-order valence-electron chi connectivity index (χ1n) is 9.91. The van der Waals surface area contributed by atoms with Crippen molar-refractivity contribution in [3.8, 4) is 0 Å². The number of nitrogen functional groups attached to an aromatic ring is 1. The molecule has 2 atom stereocenters. The summed E-state index contributed by atoms with van der Waals surface area (Å²) >= 11 is 0. The SMILES string of the molecule is CC(=O)c1ccc(Nc2ncnc(N3CC4(C)CC3CC(C)(C)C4)c2N)cc1. The van der Waals surface area contributed by atoms with Gasteiger partial charge < -0.3 is 16.0 Å². The number of fused-ring (bicyclic) bond motifs is 2. The molecule has 6 nitrogen and oxygen atoms in total. The van der Waals surface area contributed by atoms with Crippen LogP contribution in [0, 0.1) is 10.8 Å². The first kappa shape index (κ1) is 18.7. The normalized spacial score (nSPS) is 25.6. The minimum absolute atomic E-state index is 0.0481. The van der Waals surface area contributed by atoms with Gasteiger partial charge in [-0.05, 0) is 61.3 Å². The molecular weight excluding hydrogens is 350 g/mol. The highest BCUT2D eigenvalue weighted by molar-refractivity contribution is 5.94. The average molecular weight is 380 g/mol. The molecule has 1 saturated heterocycles. The van der Waals surface area contributed by atoms with Gasteiger partial charge in [0.15, 0.2) is 17.4 Å². The number of rotatable bonds is 4. The fourth-order valence-electron chi connectivity index (χ4n) is 5.35. The Hall–Kier alpha value is -2.63. The number of nitrogens with one attached hydrogen (secondary N) is 1. The summed E-state index contributed by atoms with van der Waals surface area (Å²) in [6, 6.07) is 7.80. The number of nitrogens with zero attached hydrogens (tertiary/aromatic N) is 3. The van der Waals surface area contributed by atoms with Crippen LogP contribution in [0.3, 0.4) is 0 Å². The minimum Gasteiger partial charge on any atom is -0.393 e. The first-order chi connectivity index (χ1) is 13.2. The minimum atomic E-state index is 0.0481. The molecule has 1 aromatic heterocycles. The van der Waals surface area contributed by atoms with Gasteiger partial charge in [0.1, 0.15) is 12.0 Å². The fourth-order valence-corrected chi connectivity index (χ4v) is 5.35.